The molecule has 1 saturated carbocycles. The lowest BCUT2D eigenvalue weighted by Gasteiger charge is -2.24. The summed E-state index contributed by atoms with van der Waals surface area (Å²) in [5.74, 6) is 0.0899. The van der Waals surface area contributed by atoms with Crippen LogP contribution in [-0.4, -0.2) is 28.0 Å². The third-order valence-electron chi connectivity index (χ3n) is 3.23. The maximum absolute atomic E-state index is 12.0. The number of amides is 1. The molecule has 3 rings (SSSR count). The second kappa shape index (κ2) is 3.59. The Morgan fingerprint density at radius 3 is 3.19 bits per heavy atom. The highest BCUT2D eigenvalue weighted by atomic mass is 16.2. The van der Waals surface area contributed by atoms with E-state index in [1.54, 1.807) is 6.33 Å². The molecule has 5 heteroatoms. The quantitative estimate of drug-likeness (QED) is 0.731. The molecule has 1 atom stereocenters. The number of hydrogen-bond donors (Lipinski definition) is 2. The van der Waals surface area contributed by atoms with Crippen molar-refractivity contribution >= 4 is 5.91 Å². The molecular formula is C11H16N4O. The van der Waals surface area contributed by atoms with E-state index in [1.165, 1.54) is 0 Å². The normalized spacial score (nSPS) is 23.9. The van der Waals surface area contributed by atoms with Crippen LogP contribution in [0.25, 0.3) is 0 Å². The van der Waals surface area contributed by atoms with Gasteiger partial charge in [-0.15, -0.1) is 0 Å². The van der Waals surface area contributed by atoms with Crippen LogP contribution in [0, 0.1) is 0 Å². The molecule has 0 saturated heterocycles. The monoisotopic (exact) mass is 220 g/mol. The molecule has 2 heterocycles. The number of rotatable bonds is 2. The first-order valence-corrected chi connectivity index (χ1v) is 5.79. The summed E-state index contributed by atoms with van der Waals surface area (Å²) >= 11 is 0. The molecule has 1 aliphatic carbocycles. The summed E-state index contributed by atoms with van der Waals surface area (Å²) in [4.78, 5) is 16.4. The first kappa shape index (κ1) is 9.84. The van der Waals surface area contributed by atoms with Gasteiger partial charge in [0.15, 0.2) is 0 Å². The van der Waals surface area contributed by atoms with Crippen molar-refractivity contribution in [1.82, 2.24) is 20.2 Å². The molecule has 1 amide bonds. The van der Waals surface area contributed by atoms with Crippen LogP contribution in [0.4, 0.5) is 0 Å². The Balaban J connectivity index is 1.85. The molecule has 1 aliphatic heterocycles. The van der Waals surface area contributed by atoms with E-state index in [4.69, 9.17) is 0 Å². The van der Waals surface area contributed by atoms with Gasteiger partial charge in [0.05, 0.1) is 17.7 Å². The summed E-state index contributed by atoms with van der Waals surface area (Å²) in [6, 6.07) is 0.185. The van der Waals surface area contributed by atoms with Gasteiger partial charge < -0.3 is 15.2 Å². The zero-order valence-electron chi connectivity index (χ0n) is 9.36. The van der Waals surface area contributed by atoms with E-state index in [-0.39, 0.29) is 11.9 Å². The van der Waals surface area contributed by atoms with Crippen LogP contribution in [0.2, 0.25) is 0 Å². The number of imidazole rings is 1. The van der Waals surface area contributed by atoms with E-state index in [1.807, 2.05) is 11.6 Å². The fourth-order valence-corrected chi connectivity index (χ4v) is 2.21. The highest BCUT2D eigenvalue weighted by Crippen LogP contribution is 2.24. The summed E-state index contributed by atoms with van der Waals surface area (Å²) < 4.78 is 1.94. The van der Waals surface area contributed by atoms with Gasteiger partial charge in [-0.05, 0) is 12.8 Å². The van der Waals surface area contributed by atoms with Crippen LogP contribution >= 0.6 is 0 Å². The molecule has 86 valence electrons. The van der Waals surface area contributed by atoms with Crippen molar-refractivity contribution in [3.63, 3.8) is 0 Å². The van der Waals surface area contributed by atoms with E-state index in [9.17, 15) is 4.79 Å². The summed E-state index contributed by atoms with van der Waals surface area (Å²) in [7, 11) is 1.94. The summed E-state index contributed by atoms with van der Waals surface area (Å²) in [6.07, 6.45) is 4.94. The average molecular weight is 220 g/mol. The molecule has 0 aromatic carbocycles. The number of hydrogen-bond acceptors (Lipinski definition) is 3. The second-order valence-electron chi connectivity index (χ2n) is 4.61. The molecule has 1 aromatic rings. The van der Waals surface area contributed by atoms with E-state index in [0.29, 0.717) is 6.04 Å². The highest BCUT2D eigenvalue weighted by Gasteiger charge is 2.32. The van der Waals surface area contributed by atoms with Crippen molar-refractivity contribution in [3.8, 4) is 0 Å². The molecule has 1 fully saturated rings. The lowest BCUT2D eigenvalue weighted by atomic mass is 10.0. The molecule has 2 N–H and O–H groups in total. The highest BCUT2D eigenvalue weighted by molar-refractivity contribution is 5.83. The lowest BCUT2D eigenvalue weighted by molar-refractivity contribution is -0.123. The maximum Gasteiger partial charge on any atom is 0.243 e. The SMILES string of the molecule is Cn1cnc2c1C(C(=O)NC1CC1)NCC2. The first-order valence-electron chi connectivity index (χ1n) is 5.79. The molecule has 0 spiro atoms. The first-order chi connectivity index (χ1) is 7.75. The van der Waals surface area contributed by atoms with Crippen molar-refractivity contribution < 1.29 is 4.79 Å². The summed E-state index contributed by atoms with van der Waals surface area (Å²) in [5.41, 5.74) is 2.07. The molecule has 5 nitrogen and oxygen atoms in total. The Labute approximate surface area is 94.2 Å². The van der Waals surface area contributed by atoms with E-state index < -0.39 is 0 Å². The van der Waals surface area contributed by atoms with Gasteiger partial charge in [0.25, 0.3) is 0 Å². The largest absolute Gasteiger partial charge is 0.352 e. The van der Waals surface area contributed by atoms with Gasteiger partial charge in [0.2, 0.25) is 5.91 Å². The van der Waals surface area contributed by atoms with Crippen LogP contribution in [-0.2, 0) is 18.3 Å². The van der Waals surface area contributed by atoms with Crippen LogP contribution in [0.5, 0.6) is 0 Å². The Bertz CT molecular complexity index is 422. The fraction of sp³-hybridized carbons (Fsp3) is 0.636. The van der Waals surface area contributed by atoms with Crippen LogP contribution in [0.3, 0.4) is 0 Å². The number of nitrogens with one attached hydrogen (secondary N) is 2. The van der Waals surface area contributed by atoms with Gasteiger partial charge >= 0.3 is 0 Å². The van der Waals surface area contributed by atoms with Crippen molar-refractivity contribution in [1.29, 1.82) is 0 Å². The Morgan fingerprint density at radius 1 is 1.62 bits per heavy atom. The van der Waals surface area contributed by atoms with Crippen molar-refractivity contribution in [3.05, 3.63) is 17.7 Å². The van der Waals surface area contributed by atoms with E-state index >= 15 is 0 Å². The number of carbonyl (C=O) groups excluding carboxylic acids is 1. The topological polar surface area (TPSA) is 59.0 Å². The average Bonchev–Trinajstić information content (AvgIpc) is 3.02. The molecule has 0 bridgehead atoms. The number of aromatic nitrogens is 2. The van der Waals surface area contributed by atoms with Gasteiger partial charge in [-0.1, -0.05) is 0 Å². The smallest absolute Gasteiger partial charge is 0.243 e. The zero-order chi connectivity index (χ0) is 11.1. The fourth-order valence-electron chi connectivity index (χ4n) is 2.21. The number of aryl methyl sites for hydroxylation is 1. The van der Waals surface area contributed by atoms with Gasteiger partial charge in [-0.25, -0.2) is 4.98 Å². The Morgan fingerprint density at radius 2 is 2.44 bits per heavy atom. The number of nitrogens with zero attached hydrogens (tertiary/aromatic N) is 2. The van der Waals surface area contributed by atoms with Crippen LogP contribution in [0.1, 0.15) is 30.3 Å². The summed E-state index contributed by atoms with van der Waals surface area (Å²) in [6.45, 7) is 0.826. The minimum absolute atomic E-state index is 0.0899. The zero-order valence-corrected chi connectivity index (χ0v) is 9.36. The standard InChI is InChI=1S/C11H16N4O/c1-15-6-13-8-4-5-12-9(10(8)15)11(16)14-7-2-3-7/h6-7,9,12H,2-5H2,1H3,(H,14,16). The summed E-state index contributed by atoms with van der Waals surface area (Å²) in [5, 5.41) is 6.30. The molecule has 2 aliphatic rings. The van der Waals surface area contributed by atoms with Gasteiger partial charge in [-0.2, -0.15) is 0 Å². The predicted octanol–water partition coefficient (Wildman–Crippen LogP) is -0.115. The van der Waals surface area contributed by atoms with Gasteiger partial charge in [0.1, 0.15) is 6.04 Å². The predicted molar refractivity (Wildman–Crippen MR) is 58.8 cm³/mol. The minimum atomic E-state index is -0.225. The molecule has 16 heavy (non-hydrogen) atoms. The minimum Gasteiger partial charge on any atom is -0.352 e. The van der Waals surface area contributed by atoms with Crippen molar-refractivity contribution in [2.75, 3.05) is 6.54 Å². The second-order valence-corrected chi connectivity index (χ2v) is 4.61. The maximum atomic E-state index is 12.0. The third-order valence-corrected chi connectivity index (χ3v) is 3.23. The molecule has 0 radical (unpaired) electrons. The Hall–Kier alpha value is -1.36. The lowest BCUT2D eigenvalue weighted by Crippen LogP contribution is -2.43. The van der Waals surface area contributed by atoms with Crippen LogP contribution in [0.15, 0.2) is 6.33 Å². The van der Waals surface area contributed by atoms with Gasteiger partial charge in [0, 0.05) is 26.1 Å². The molecular weight excluding hydrogens is 204 g/mol. The van der Waals surface area contributed by atoms with Crippen LogP contribution < -0.4 is 10.6 Å². The van der Waals surface area contributed by atoms with E-state index in [2.05, 4.69) is 15.6 Å². The molecule has 1 unspecified atom stereocenters. The Kier molecular flexibility index (Phi) is 2.21. The third kappa shape index (κ3) is 1.61. The number of fused-ring (bicyclic) bond motifs is 1. The molecule has 1 aromatic heterocycles. The number of carbonyl (C=O) groups is 1. The van der Waals surface area contributed by atoms with Crippen molar-refractivity contribution in [2.45, 2.75) is 31.3 Å². The van der Waals surface area contributed by atoms with Gasteiger partial charge in [-0.3, -0.25) is 4.79 Å². The van der Waals surface area contributed by atoms with E-state index in [0.717, 1.165) is 37.2 Å². The van der Waals surface area contributed by atoms with Crippen molar-refractivity contribution in [2.24, 2.45) is 7.05 Å².